The summed E-state index contributed by atoms with van der Waals surface area (Å²) in [4.78, 5) is 16.0. The molecule has 0 atom stereocenters. The first kappa shape index (κ1) is 20.3. The number of nitrogens with zero attached hydrogens (tertiary/aromatic N) is 1. The first-order valence-corrected chi connectivity index (χ1v) is 9.82. The van der Waals surface area contributed by atoms with Gasteiger partial charge in [0.25, 0.3) is 0 Å². The van der Waals surface area contributed by atoms with Crippen LogP contribution in [0.15, 0.2) is 91.0 Å². The summed E-state index contributed by atoms with van der Waals surface area (Å²) in [5.41, 5.74) is 3.25. The third-order valence-electron chi connectivity index (χ3n) is 4.72. The number of carbonyl (C=O) groups is 1. The average molecular weight is 413 g/mol. The van der Waals surface area contributed by atoms with Gasteiger partial charge in [-0.25, -0.2) is 4.39 Å². The van der Waals surface area contributed by atoms with Crippen molar-refractivity contribution < 1.29 is 18.7 Å². The Morgan fingerprint density at radius 2 is 1.39 bits per heavy atom. The highest BCUT2D eigenvalue weighted by atomic mass is 19.1. The monoisotopic (exact) mass is 413 g/mol. The molecule has 1 heterocycles. The lowest BCUT2D eigenvalue weighted by Crippen LogP contribution is -2.03. The standard InChI is InChI=1S/C26H20FNO3/c27-22-12-11-21(16-29)24(15-22)23-13-14-25(30-17-19-7-3-1-4-8-19)28-26(23)31-18-20-9-5-2-6-10-20/h1-16H,17-18H2. The van der Waals surface area contributed by atoms with Crippen LogP contribution in [0.4, 0.5) is 4.39 Å². The molecule has 5 heteroatoms. The molecule has 0 aliphatic carbocycles. The molecule has 0 fully saturated rings. The topological polar surface area (TPSA) is 48.4 Å². The van der Waals surface area contributed by atoms with E-state index in [2.05, 4.69) is 4.98 Å². The van der Waals surface area contributed by atoms with Crippen molar-refractivity contribution in [2.75, 3.05) is 0 Å². The summed E-state index contributed by atoms with van der Waals surface area (Å²) in [6, 6.07) is 26.8. The fraction of sp³-hybridized carbons (Fsp3) is 0.0769. The highest BCUT2D eigenvalue weighted by molar-refractivity contribution is 5.89. The first-order chi connectivity index (χ1) is 15.2. The van der Waals surface area contributed by atoms with E-state index in [1.807, 2.05) is 60.7 Å². The number of rotatable bonds is 8. The van der Waals surface area contributed by atoms with Gasteiger partial charge >= 0.3 is 0 Å². The highest BCUT2D eigenvalue weighted by Gasteiger charge is 2.15. The molecule has 154 valence electrons. The molecule has 0 spiro atoms. The first-order valence-electron chi connectivity index (χ1n) is 9.82. The van der Waals surface area contributed by atoms with Crippen molar-refractivity contribution in [2.24, 2.45) is 0 Å². The van der Waals surface area contributed by atoms with E-state index < -0.39 is 5.82 Å². The van der Waals surface area contributed by atoms with E-state index in [1.54, 1.807) is 12.1 Å². The number of halogens is 1. The quantitative estimate of drug-likeness (QED) is 0.340. The fourth-order valence-corrected chi connectivity index (χ4v) is 3.14. The lowest BCUT2D eigenvalue weighted by atomic mass is 10.0. The zero-order chi connectivity index (χ0) is 21.5. The van der Waals surface area contributed by atoms with E-state index >= 15 is 0 Å². The summed E-state index contributed by atoms with van der Waals surface area (Å²) < 4.78 is 25.7. The van der Waals surface area contributed by atoms with Gasteiger partial charge in [-0.15, -0.1) is 0 Å². The molecule has 0 saturated carbocycles. The Bertz CT molecular complexity index is 1160. The van der Waals surface area contributed by atoms with E-state index in [0.29, 0.717) is 35.5 Å². The maximum Gasteiger partial charge on any atom is 0.225 e. The van der Waals surface area contributed by atoms with Crippen LogP contribution < -0.4 is 9.47 Å². The molecule has 4 nitrogen and oxygen atoms in total. The Morgan fingerprint density at radius 3 is 2.03 bits per heavy atom. The summed E-state index contributed by atoms with van der Waals surface area (Å²) in [6.45, 7) is 0.625. The summed E-state index contributed by atoms with van der Waals surface area (Å²) in [6.07, 6.45) is 0.690. The van der Waals surface area contributed by atoms with Crippen LogP contribution in [0.2, 0.25) is 0 Å². The minimum absolute atomic E-state index is 0.267. The summed E-state index contributed by atoms with van der Waals surface area (Å²) in [5.74, 6) is 0.196. The van der Waals surface area contributed by atoms with Crippen LogP contribution in [-0.2, 0) is 13.2 Å². The van der Waals surface area contributed by atoms with Gasteiger partial charge in [0.05, 0.1) is 0 Å². The van der Waals surface area contributed by atoms with Gasteiger partial charge in [0.2, 0.25) is 11.8 Å². The van der Waals surface area contributed by atoms with E-state index in [4.69, 9.17) is 9.47 Å². The molecule has 0 radical (unpaired) electrons. The number of hydrogen-bond donors (Lipinski definition) is 0. The van der Waals surface area contributed by atoms with Crippen LogP contribution in [0, 0.1) is 5.82 Å². The second-order valence-electron chi connectivity index (χ2n) is 6.90. The lowest BCUT2D eigenvalue weighted by Gasteiger charge is -2.14. The van der Waals surface area contributed by atoms with Crippen molar-refractivity contribution in [3.63, 3.8) is 0 Å². The van der Waals surface area contributed by atoms with Gasteiger partial charge in [0.1, 0.15) is 19.0 Å². The van der Waals surface area contributed by atoms with Crippen LogP contribution in [0.1, 0.15) is 21.5 Å². The number of carbonyl (C=O) groups excluding carboxylic acids is 1. The van der Waals surface area contributed by atoms with Gasteiger partial charge in [0, 0.05) is 22.8 Å². The van der Waals surface area contributed by atoms with E-state index in [1.165, 1.54) is 18.2 Å². The van der Waals surface area contributed by atoms with Gasteiger partial charge in [-0.05, 0) is 35.4 Å². The normalized spacial score (nSPS) is 10.5. The number of ether oxygens (including phenoxy) is 2. The molecule has 0 aliphatic heterocycles. The van der Waals surface area contributed by atoms with Crippen LogP contribution in [0.3, 0.4) is 0 Å². The number of hydrogen-bond acceptors (Lipinski definition) is 4. The van der Waals surface area contributed by atoms with Gasteiger partial charge in [-0.2, -0.15) is 4.98 Å². The number of pyridine rings is 1. The largest absolute Gasteiger partial charge is 0.473 e. The second kappa shape index (κ2) is 9.67. The predicted molar refractivity (Wildman–Crippen MR) is 117 cm³/mol. The highest BCUT2D eigenvalue weighted by Crippen LogP contribution is 2.33. The lowest BCUT2D eigenvalue weighted by molar-refractivity contribution is 0.112. The predicted octanol–water partition coefficient (Wildman–Crippen LogP) is 5.86. The molecule has 0 aliphatic rings. The number of aromatic nitrogens is 1. The summed E-state index contributed by atoms with van der Waals surface area (Å²) in [7, 11) is 0. The van der Waals surface area contributed by atoms with E-state index in [0.717, 1.165) is 11.1 Å². The van der Waals surface area contributed by atoms with Gasteiger partial charge in [0.15, 0.2) is 6.29 Å². The van der Waals surface area contributed by atoms with Crippen molar-refractivity contribution in [3.8, 4) is 22.9 Å². The van der Waals surface area contributed by atoms with Crippen LogP contribution >= 0.6 is 0 Å². The zero-order valence-corrected chi connectivity index (χ0v) is 16.7. The Hall–Kier alpha value is -3.99. The van der Waals surface area contributed by atoms with Gasteiger partial charge in [-0.1, -0.05) is 60.7 Å². The SMILES string of the molecule is O=Cc1ccc(F)cc1-c1ccc(OCc2ccccc2)nc1OCc1ccccc1. The zero-order valence-electron chi connectivity index (χ0n) is 16.7. The molecule has 0 saturated heterocycles. The van der Waals surface area contributed by atoms with E-state index in [-0.39, 0.29) is 12.5 Å². The second-order valence-corrected chi connectivity index (χ2v) is 6.90. The minimum atomic E-state index is -0.445. The number of aldehydes is 1. The van der Waals surface area contributed by atoms with Crippen LogP contribution in [0.5, 0.6) is 11.8 Å². The van der Waals surface area contributed by atoms with Crippen molar-refractivity contribution >= 4 is 6.29 Å². The smallest absolute Gasteiger partial charge is 0.225 e. The molecular weight excluding hydrogens is 393 g/mol. The van der Waals surface area contributed by atoms with Crippen LogP contribution in [0.25, 0.3) is 11.1 Å². The Kier molecular flexibility index (Phi) is 6.33. The maximum atomic E-state index is 13.9. The average Bonchev–Trinajstić information content (AvgIpc) is 2.83. The molecule has 0 bridgehead atoms. The number of benzene rings is 3. The molecule has 31 heavy (non-hydrogen) atoms. The summed E-state index contributed by atoms with van der Waals surface area (Å²) in [5, 5.41) is 0. The molecule has 1 aromatic heterocycles. The molecule has 0 amide bonds. The molecular formula is C26H20FNO3. The van der Waals surface area contributed by atoms with Crippen molar-refractivity contribution in [3.05, 3.63) is 114 Å². The molecule has 3 aromatic carbocycles. The third-order valence-corrected chi connectivity index (χ3v) is 4.72. The van der Waals surface area contributed by atoms with Gasteiger partial charge in [-0.3, -0.25) is 4.79 Å². The van der Waals surface area contributed by atoms with Gasteiger partial charge < -0.3 is 9.47 Å². The van der Waals surface area contributed by atoms with Crippen LogP contribution in [-0.4, -0.2) is 11.3 Å². The van der Waals surface area contributed by atoms with Crippen molar-refractivity contribution in [2.45, 2.75) is 13.2 Å². The third kappa shape index (κ3) is 5.14. The Balaban J connectivity index is 1.66. The molecule has 4 rings (SSSR count). The molecule has 4 aromatic rings. The Morgan fingerprint density at radius 1 is 0.742 bits per heavy atom. The minimum Gasteiger partial charge on any atom is -0.473 e. The van der Waals surface area contributed by atoms with E-state index in [9.17, 15) is 9.18 Å². The molecule has 0 N–H and O–H groups in total. The van der Waals surface area contributed by atoms with Crippen molar-refractivity contribution in [1.82, 2.24) is 4.98 Å². The molecule has 0 unspecified atom stereocenters. The maximum absolute atomic E-state index is 13.9. The fourth-order valence-electron chi connectivity index (χ4n) is 3.14. The summed E-state index contributed by atoms with van der Waals surface area (Å²) >= 11 is 0. The van der Waals surface area contributed by atoms with Crippen molar-refractivity contribution in [1.29, 1.82) is 0 Å². The Labute approximate surface area is 179 Å².